The molecule has 6 nitrogen and oxygen atoms in total. The van der Waals surface area contributed by atoms with Crippen molar-refractivity contribution in [2.75, 3.05) is 29.4 Å². The molecule has 8 atom stereocenters. The third kappa shape index (κ3) is 11.0. The number of rotatable bonds is 10. The molecule has 30 rings (SSSR count). The Kier molecular flexibility index (Phi) is 18.1. The van der Waals surface area contributed by atoms with Crippen LogP contribution in [0.3, 0.4) is 0 Å². The number of nitrogens with zero attached hydrogens (tertiary/aromatic N) is 6. The highest BCUT2D eigenvalue weighted by Gasteiger charge is 2.68. The molecule has 8 heterocycles. The zero-order valence-electron chi connectivity index (χ0n) is 81.7. The van der Waals surface area contributed by atoms with Gasteiger partial charge in [-0.05, 0) is 285 Å². The average Bonchev–Trinajstić information content (AvgIpc) is 1.51. The number of benzene rings is 18. The van der Waals surface area contributed by atoms with Gasteiger partial charge >= 0.3 is 0 Å². The number of para-hydroxylation sites is 4. The van der Waals surface area contributed by atoms with E-state index < -0.39 is 0 Å². The third-order valence-electron chi connectivity index (χ3n) is 37.9. The molecule has 18 aromatic carbocycles. The Hall–Kier alpha value is -15.1. The molecule has 0 spiro atoms. The van der Waals surface area contributed by atoms with E-state index in [9.17, 15) is 0 Å². The van der Waals surface area contributed by atoms with Gasteiger partial charge in [0.05, 0.1) is 22.2 Å². The lowest BCUT2D eigenvalue weighted by Gasteiger charge is -2.54. The van der Waals surface area contributed by atoms with E-state index in [-0.39, 0.29) is 57.2 Å². The molecule has 0 bridgehead atoms. The van der Waals surface area contributed by atoms with Crippen LogP contribution in [0.15, 0.2) is 425 Å². The van der Waals surface area contributed by atoms with Crippen LogP contribution in [0, 0.1) is 0 Å². The molecule has 12 aliphatic rings. The summed E-state index contributed by atoms with van der Waals surface area (Å²) in [5, 5.41) is 0. The quantitative estimate of drug-likeness (QED) is 0.126. The number of aryl methyl sites for hydroxylation is 2. The van der Waals surface area contributed by atoms with Crippen molar-refractivity contribution in [2.24, 2.45) is 0 Å². The van der Waals surface area contributed by atoms with Crippen molar-refractivity contribution in [3.63, 3.8) is 0 Å². The minimum absolute atomic E-state index is 0.0147. The fourth-order valence-corrected chi connectivity index (χ4v) is 31.3. The number of hydrogen-bond donors (Lipinski definition) is 0. The van der Waals surface area contributed by atoms with Crippen LogP contribution in [0.25, 0.3) is 44.5 Å². The monoisotopic (exact) mass is 1830 g/mol. The first kappa shape index (κ1) is 83.8. The summed E-state index contributed by atoms with van der Waals surface area (Å²) in [7, 11) is 0. The highest BCUT2D eigenvalue weighted by molar-refractivity contribution is 7.01. The summed E-state index contributed by atoms with van der Waals surface area (Å²) in [6.07, 6.45) is 13.6. The number of hydrogen-bond acceptors (Lipinski definition) is 6. The molecule has 0 radical (unpaired) electrons. The fourth-order valence-electron chi connectivity index (χ4n) is 31.3. The predicted molar refractivity (Wildman–Crippen MR) is 595 cm³/mol. The van der Waals surface area contributed by atoms with E-state index in [0.717, 1.165) is 51.4 Å². The first-order chi connectivity index (χ1) is 69.7. The van der Waals surface area contributed by atoms with Gasteiger partial charge < -0.3 is 29.4 Å². The molecule has 0 amide bonds. The molecule has 8 unspecified atom stereocenters. The van der Waals surface area contributed by atoms with Gasteiger partial charge in [-0.2, -0.15) is 0 Å². The van der Waals surface area contributed by atoms with Crippen LogP contribution in [0.5, 0.6) is 0 Å². The molecule has 684 valence electrons. The highest BCUT2D eigenvalue weighted by Crippen LogP contribution is 2.71. The van der Waals surface area contributed by atoms with Gasteiger partial charge in [-0.1, -0.05) is 391 Å². The lowest BCUT2D eigenvalue weighted by atomic mass is 9.33. The second-order valence-electron chi connectivity index (χ2n) is 43.9. The highest BCUT2D eigenvalue weighted by atomic mass is 15.3. The molecule has 8 aliphatic heterocycles. The van der Waals surface area contributed by atoms with Gasteiger partial charge in [0.25, 0.3) is 13.4 Å². The molecular formula is C134H112B2N6. The summed E-state index contributed by atoms with van der Waals surface area (Å²) < 4.78 is 0. The molecule has 0 aromatic heterocycles. The van der Waals surface area contributed by atoms with E-state index in [1.54, 1.807) is 0 Å². The summed E-state index contributed by atoms with van der Waals surface area (Å²) in [5.41, 5.74) is 49.0. The van der Waals surface area contributed by atoms with Crippen molar-refractivity contribution < 1.29 is 0 Å². The Morgan fingerprint density at radius 2 is 0.570 bits per heavy atom. The van der Waals surface area contributed by atoms with E-state index in [4.69, 9.17) is 0 Å². The summed E-state index contributed by atoms with van der Waals surface area (Å²) in [5.74, 6) is 0. The number of anilines is 14. The van der Waals surface area contributed by atoms with Crippen molar-refractivity contribution in [3.8, 4) is 44.5 Å². The summed E-state index contributed by atoms with van der Waals surface area (Å²) >= 11 is 0. The van der Waals surface area contributed by atoms with Gasteiger partial charge in [0, 0.05) is 101 Å². The first-order valence-corrected chi connectivity index (χ1v) is 52.3. The zero-order valence-corrected chi connectivity index (χ0v) is 81.7. The van der Waals surface area contributed by atoms with E-state index >= 15 is 0 Å². The maximum Gasteiger partial charge on any atom is 0.252 e. The standard InChI is InChI=1S/2C67H56BN3/c1-64-40-37-47-25-13-14-30-53(47)66(64,3)71-61-44-52(70-58-34-16-15-31-54(58)67(50-27-11-6-12-28-50)39-18-17-38-65(67,70)2)43-60-62(61)68(57-33-20-32-55(64)63(57)71)56-36-35-49(46-23-9-5-10-24-46)42-59(56)69(60)51-29-19-26-48(41-51)45-21-7-4-8-22-45;1-64-41-38-48-24-13-14-27-53(48)66(64,3)71-61-44-52(70-58-31-16-15-28-54(58)67(50-25-11-6-12-26-50)40-18-17-39-65(67,70)2)43-60-62(61)68(56-30-19-29-55(64)63(56)71)57-42-49(46-22-9-5-10-23-46)34-37-59(57)69(60)51-35-32-47(33-36-51)45-20-7-4-8-21-45/h4-16,19-36,41-44H,17-18,37-40H2,1-3H3;4-16,19-37,42-44H,17-18,38-41H2,1-3H3. The normalized spacial score (nSPS) is 23.8. The summed E-state index contributed by atoms with van der Waals surface area (Å²) in [4.78, 5) is 16.7. The Labute approximate surface area is 836 Å². The molecule has 4 aliphatic carbocycles. The van der Waals surface area contributed by atoms with Crippen molar-refractivity contribution >= 4 is 126 Å². The summed E-state index contributed by atoms with van der Waals surface area (Å²) in [6.45, 7) is 15.6. The molecule has 0 N–H and O–H groups in total. The van der Waals surface area contributed by atoms with Crippen molar-refractivity contribution in [3.05, 3.63) is 480 Å². The maximum absolute atomic E-state index is 2.88. The van der Waals surface area contributed by atoms with Gasteiger partial charge in [-0.25, -0.2) is 0 Å². The predicted octanol–water partition coefficient (Wildman–Crippen LogP) is 29.3. The van der Waals surface area contributed by atoms with Gasteiger partial charge in [-0.15, -0.1) is 0 Å². The lowest BCUT2D eigenvalue weighted by Crippen LogP contribution is -2.64. The Morgan fingerprint density at radius 3 is 1.06 bits per heavy atom. The van der Waals surface area contributed by atoms with E-state index in [1.165, 1.54) is 238 Å². The molecule has 2 saturated carbocycles. The van der Waals surface area contributed by atoms with E-state index in [1.807, 2.05) is 0 Å². The van der Waals surface area contributed by atoms with Crippen LogP contribution in [0.4, 0.5) is 79.6 Å². The van der Waals surface area contributed by atoms with Crippen LogP contribution >= 0.6 is 0 Å². The molecule has 142 heavy (non-hydrogen) atoms. The minimum Gasteiger partial charge on any atom is -0.334 e. The SMILES string of the molecule is CC12CCc3ccccc3C1(C)N1c3cc(N4c5ccccc5C5(c6ccccc6)CCCCC45C)cc4c3B(c3cc(-c5ccccc5)ccc3N4c3ccc(-c4ccccc4)cc3)c3cccc2c31.CC12CCc3ccccc3C1(C)N1c3cc(N4c5ccccc5C5(c6ccccc6)CCCCC45C)cc4c3B(c3ccc(-c5ccccc5)cc3N4c3cccc(-c4ccccc4)c3)c3cccc2c31. The Bertz CT molecular complexity index is 8240. The largest absolute Gasteiger partial charge is 0.334 e. The Morgan fingerprint density at radius 1 is 0.211 bits per heavy atom. The van der Waals surface area contributed by atoms with Crippen LogP contribution in [-0.4, -0.2) is 24.5 Å². The first-order valence-electron chi connectivity index (χ1n) is 52.3. The van der Waals surface area contributed by atoms with Crippen molar-refractivity contribution in [2.45, 2.75) is 162 Å². The van der Waals surface area contributed by atoms with E-state index in [2.05, 4.69) is 496 Å². The van der Waals surface area contributed by atoms with Gasteiger partial charge in [-0.3, -0.25) is 0 Å². The van der Waals surface area contributed by atoms with Gasteiger partial charge in [0.2, 0.25) is 0 Å². The van der Waals surface area contributed by atoms with Crippen LogP contribution in [0.2, 0.25) is 0 Å². The molecule has 2 fully saturated rings. The molecule has 18 aromatic rings. The molecular weight excluding hydrogens is 1720 g/mol. The van der Waals surface area contributed by atoms with Crippen LogP contribution < -0.4 is 62.2 Å². The second kappa shape index (κ2) is 30.7. The van der Waals surface area contributed by atoms with Crippen LogP contribution in [-0.2, 0) is 45.6 Å². The molecule has 8 heteroatoms. The fraction of sp³-hybridized carbons (Fsp3) is 0.194. The third-order valence-corrected chi connectivity index (χ3v) is 37.9. The minimum atomic E-state index is -0.350. The van der Waals surface area contributed by atoms with E-state index in [0.29, 0.717) is 0 Å². The zero-order chi connectivity index (χ0) is 94.5. The van der Waals surface area contributed by atoms with Gasteiger partial charge in [0.1, 0.15) is 0 Å². The van der Waals surface area contributed by atoms with Crippen molar-refractivity contribution in [1.29, 1.82) is 0 Å². The molecule has 0 saturated heterocycles. The topological polar surface area (TPSA) is 19.4 Å². The second-order valence-corrected chi connectivity index (χ2v) is 43.9. The van der Waals surface area contributed by atoms with Gasteiger partial charge in [0.15, 0.2) is 0 Å². The summed E-state index contributed by atoms with van der Waals surface area (Å²) in [6, 6.07) is 163. The number of fused-ring (bicyclic) bond motifs is 24. The lowest BCUT2D eigenvalue weighted by molar-refractivity contribution is 0.215. The van der Waals surface area contributed by atoms with Crippen LogP contribution in [0.1, 0.15) is 161 Å². The maximum atomic E-state index is 2.88. The smallest absolute Gasteiger partial charge is 0.252 e. The average molecular weight is 1830 g/mol. The van der Waals surface area contributed by atoms with Crippen molar-refractivity contribution in [1.82, 2.24) is 0 Å². The Balaban J connectivity index is 0.000000136.